The third-order valence-electron chi connectivity index (χ3n) is 6.31. The Morgan fingerprint density at radius 2 is 2.10 bits per heavy atom. The monoisotopic (exact) mass is 427 g/mol. The van der Waals surface area contributed by atoms with Crippen LogP contribution in [0.15, 0.2) is 28.7 Å². The predicted molar refractivity (Wildman–Crippen MR) is 115 cm³/mol. The number of furan rings is 1. The van der Waals surface area contributed by atoms with Gasteiger partial charge in [0.15, 0.2) is 11.3 Å². The lowest BCUT2D eigenvalue weighted by Crippen LogP contribution is -2.50. The summed E-state index contributed by atoms with van der Waals surface area (Å²) in [6.07, 6.45) is 3.01. The molecule has 1 aromatic heterocycles. The molecule has 2 fully saturated rings. The van der Waals surface area contributed by atoms with Crippen LogP contribution in [0.5, 0.6) is 5.75 Å². The SMILES string of the molecule is CCOc1cccc2cc(C(C)NC(=O)CN3C(=O)NC4(CCC(C)CC4)C3=O)oc12. The molecule has 4 amide bonds. The highest BCUT2D eigenvalue weighted by molar-refractivity contribution is 6.09. The molecule has 166 valence electrons. The zero-order chi connectivity index (χ0) is 22.2. The topological polar surface area (TPSA) is 101 Å². The molecule has 1 atom stereocenters. The van der Waals surface area contributed by atoms with Crippen LogP contribution in [0.3, 0.4) is 0 Å². The molecule has 2 aliphatic rings. The van der Waals surface area contributed by atoms with Crippen LogP contribution in [-0.4, -0.2) is 41.4 Å². The van der Waals surface area contributed by atoms with Gasteiger partial charge in [0.25, 0.3) is 5.91 Å². The number of nitrogens with zero attached hydrogens (tertiary/aromatic N) is 1. The van der Waals surface area contributed by atoms with E-state index in [1.807, 2.05) is 31.2 Å². The third kappa shape index (κ3) is 3.98. The van der Waals surface area contributed by atoms with Gasteiger partial charge in [0.2, 0.25) is 5.91 Å². The Labute approximate surface area is 181 Å². The van der Waals surface area contributed by atoms with Crippen molar-refractivity contribution in [3.8, 4) is 5.75 Å². The number of hydrogen-bond donors (Lipinski definition) is 2. The maximum atomic E-state index is 12.9. The second kappa shape index (κ2) is 8.24. The molecule has 1 unspecified atom stereocenters. The highest BCUT2D eigenvalue weighted by Gasteiger charge is 2.52. The first-order valence-corrected chi connectivity index (χ1v) is 10.9. The van der Waals surface area contributed by atoms with E-state index < -0.39 is 23.5 Å². The van der Waals surface area contributed by atoms with Crippen LogP contribution in [-0.2, 0) is 9.59 Å². The van der Waals surface area contributed by atoms with Crippen molar-refractivity contribution in [2.75, 3.05) is 13.2 Å². The maximum Gasteiger partial charge on any atom is 0.325 e. The van der Waals surface area contributed by atoms with Gasteiger partial charge >= 0.3 is 6.03 Å². The molecule has 1 spiro atoms. The zero-order valence-corrected chi connectivity index (χ0v) is 18.2. The van der Waals surface area contributed by atoms with Gasteiger partial charge in [0.05, 0.1) is 12.6 Å². The van der Waals surface area contributed by atoms with Crippen molar-refractivity contribution in [2.45, 2.75) is 58.0 Å². The largest absolute Gasteiger partial charge is 0.490 e. The van der Waals surface area contributed by atoms with E-state index >= 15 is 0 Å². The van der Waals surface area contributed by atoms with Gasteiger partial charge in [0, 0.05) is 5.39 Å². The number of carbonyl (C=O) groups is 3. The van der Waals surface area contributed by atoms with Crippen molar-refractivity contribution in [1.29, 1.82) is 0 Å². The van der Waals surface area contributed by atoms with E-state index in [-0.39, 0.29) is 12.5 Å². The number of fused-ring (bicyclic) bond motifs is 1. The average Bonchev–Trinajstić information content (AvgIpc) is 3.27. The van der Waals surface area contributed by atoms with Gasteiger partial charge in [-0.1, -0.05) is 19.1 Å². The number of nitrogens with one attached hydrogen (secondary N) is 2. The Balaban J connectivity index is 1.42. The molecule has 1 saturated heterocycles. The smallest absolute Gasteiger partial charge is 0.325 e. The molecular formula is C23H29N3O5. The summed E-state index contributed by atoms with van der Waals surface area (Å²) in [5, 5.41) is 6.55. The maximum absolute atomic E-state index is 12.9. The van der Waals surface area contributed by atoms with Crippen molar-refractivity contribution in [1.82, 2.24) is 15.5 Å². The van der Waals surface area contributed by atoms with Crippen molar-refractivity contribution in [3.63, 3.8) is 0 Å². The van der Waals surface area contributed by atoms with Gasteiger partial charge < -0.3 is 19.8 Å². The third-order valence-corrected chi connectivity index (χ3v) is 6.31. The molecule has 1 aliphatic carbocycles. The summed E-state index contributed by atoms with van der Waals surface area (Å²) < 4.78 is 11.5. The fourth-order valence-corrected chi connectivity index (χ4v) is 4.45. The molecule has 0 radical (unpaired) electrons. The number of carbonyl (C=O) groups excluding carboxylic acids is 3. The average molecular weight is 428 g/mol. The van der Waals surface area contributed by atoms with Crippen LogP contribution in [0.25, 0.3) is 11.0 Å². The summed E-state index contributed by atoms with van der Waals surface area (Å²) in [4.78, 5) is 39.0. The van der Waals surface area contributed by atoms with E-state index in [0.29, 0.717) is 42.5 Å². The van der Waals surface area contributed by atoms with Crippen molar-refractivity contribution < 1.29 is 23.5 Å². The number of benzene rings is 1. The van der Waals surface area contributed by atoms with Crippen LogP contribution in [0.4, 0.5) is 4.79 Å². The molecule has 4 rings (SSSR count). The van der Waals surface area contributed by atoms with Gasteiger partial charge in [-0.05, 0) is 57.6 Å². The van der Waals surface area contributed by atoms with Gasteiger partial charge in [0.1, 0.15) is 17.8 Å². The molecule has 0 bridgehead atoms. The summed E-state index contributed by atoms with van der Waals surface area (Å²) >= 11 is 0. The number of para-hydroxylation sites is 1. The molecular weight excluding hydrogens is 398 g/mol. The highest BCUT2D eigenvalue weighted by Crippen LogP contribution is 2.36. The Bertz CT molecular complexity index is 1010. The van der Waals surface area contributed by atoms with Crippen LogP contribution in [0.1, 0.15) is 58.3 Å². The summed E-state index contributed by atoms with van der Waals surface area (Å²) in [6, 6.07) is 6.57. The Hall–Kier alpha value is -3.03. The van der Waals surface area contributed by atoms with Gasteiger partial charge in [-0.2, -0.15) is 0 Å². The molecule has 1 aliphatic heterocycles. The lowest BCUT2D eigenvalue weighted by atomic mass is 9.77. The van der Waals surface area contributed by atoms with Gasteiger partial charge in [-0.15, -0.1) is 0 Å². The van der Waals surface area contributed by atoms with E-state index in [4.69, 9.17) is 9.15 Å². The summed E-state index contributed by atoms with van der Waals surface area (Å²) in [5.41, 5.74) is -0.216. The van der Waals surface area contributed by atoms with Crippen LogP contribution in [0, 0.1) is 5.92 Å². The summed E-state index contributed by atoms with van der Waals surface area (Å²) in [6.45, 7) is 6.06. The van der Waals surface area contributed by atoms with Gasteiger partial charge in [-0.25, -0.2) is 4.79 Å². The fraction of sp³-hybridized carbons (Fsp3) is 0.522. The first-order valence-electron chi connectivity index (χ1n) is 10.9. The second-order valence-electron chi connectivity index (χ2n) is 8.63. The molecule has 31 heavy (non-hydrogen) atoms. The first kappa shape index (κ1) is 21.2. The number of imide groups is 1. The number of rotatable bonds is 6. The Morgan fingerprint density at radius 1 is 1.35 bits per heavy atom. The minimum atomic E-state index is -0.843. The first-order chi connectivity index (χ1) is 14.8. The van der Waals surface area contributed by atoms with Crippen molar-refractivity contribution in [3.05, 3.63) is 30.0 Å². The van der Waals surface area contributed by atoms with Crippen LogP contribution >= 0.6 is 0 Å². The van der Waals surface area contributed by atoms with E-state index in [2.05, 4.69) is 17.6 Å². The summed E-state index contributed by atoms with van der Waals surface area (Å²) in [7, 11) is 0. The van der Waals surface area contributed by atoms with E-state index in [9.17, 15) is 14.4 Å². The minimum Gasteiger partial charge on any atom is -0.490 e. The fourth-order valence-electron chi connectivity index (χ4n) is 4.45. The molecule has 2 heterocycles. The van der Waals surface area contributed by atoms with Crippen molar-refractivity contribution in [2.24, 2.45) is 5.92 Å². The van der Waals surface area contributed by atoms with Crippen molar-refractivity contribution >= 4 is 28.8 Å². The number of hydrogen-bond acceptors (Lipinski definition) is 5. The Kier molecular flexibility index (Phi) is 5.64. The van der Waals surface area contributed by atoms with Gasteiger partial charge in [-0.3, -0.25) is 14.5 Å². The molecule has 8 heteroatoms. The second-order valence-corrected chi connectivity index (χ2v) is 8.63. The normalized spacial score (nSPS) is 24.5. The lowest BCUT2D eigenvalue weighted by molar-refractivity contribution is -0.136. The highest BCUT2D eigenvalue weighted by atomic mass is 16.5. The Morgan fingerprint density at radius 3 is 2.81 bits per heavy atom. The standard InChI is InChI=1S/C23H29N3O5/c1-4-30-17-7-5-6-16-12-18(31-20(16)17)15(3)24-19(27)13-26-21(28)23(25-22(26)29)10-8-14(2)9-11-23/h5-7,12,14-15H,4,8-11,13H2,1-3H3,(H,24,27)(H,25,29). The molecule has 1 saturated carbocycles. The molecule has 2 N–H and O–H groups in total. The summed E-state index contributed by atoms with van der Waals surface area (Å²) in [5.74, 6) is 1.06. The van der Waals surface area contributed by atoms with E-state index in [1.165, 1.54) is 0 Å². The predicted octanol–water partition coefficient (Wildman–Crippen LogP) is 3.51. The molecule has 8 nitrogen and oxygen atoms in total. The minimum absolute atomic E-state index is 0.294. The molecule has 1 aromatic carbocycles. The zero-order valence-electron chi connectivity index (χ0n) is 18.2. The lowest BCUT2D eigenvalue weighted by Gasteiger charge is -2.33. The van der Waals surface area contributed by atoms with E-state index in [0.717, 1.165) is 23.1 Å². The number of ether oxygens (including phenoxy) is 1. The number of amides is 4. The van der Waals surface area contributed by atoms with Crippen LogP contribution in [0.2, 0.25) is 0 Å². The van der Waals surface area contributed by atoms with Crippen LogP contribution < -0.4 is 15.4 Å². The quantitative estimate of drug-likeness (QED) is 0.687. The molecule has 2 aromatic rings. The van der Waals surface area contributed by atoms with E-state index in [1.54, 1.807) is 6.92 Å². The number of urea groups is 1.